The van der Waals surface area contributed by atoms with Gasteiger partial charge in [0.2, 0.25) is 0 Å². The molecule has 4 nitrogen and oxygen atoms in total. The zero-order valence-corrected chi connectivity index (χ0v) is 9.42. The molecule has 0 aliphatic heterocycles. The van der Waals surface area contributed by atoms with Crippen LogP contribution in [0, 0.1) is 5.82 Å². The van der Waals surface area contributed by atoms with E-state index in [0.717, 1.165) is 0 Å². The minimum absolute atomic E-state index is 0.240. The fraction of sp³-hybridized carbons (Fsp3) is 0.250. The quantitative estimate of drug-likeness (QED) is 0.840. The molecule has 0 atom stereocenters. The second kappa shape index (κ2) is 4.55. The Morgan fingerprint density at radius 1 is 1.41 bits per heavy atom. The summed E-state index contributed by atoms with van der Waals surface area (Å²) in [5.74, 6) is -0.0499. The first-order valence-corrected chi connectivity index (χ1v) is 5.25. The van der Waals surface area contributed by atoms with Gasteiger partial charge in [0.1, 0.15) is 11.6 Å². The van der Waals surface area contributed by atoms with Crippen molar-refractivity contribution in [1.29, 1.82) is 0 Å². The number of H-pyrrole nitrogens is 1. The molecule has 0 bridgehead atoms. The number of benzene rings is 1. The monoisotopic (exact) mass is 236 g/mol. The molecule has 0 radical (unpaired) electrons. The third-order valence-corrected chi connectivity index (χ3v) is 2.61. The molecular formula is C12H13FN2O2. The van der Waals surface area contributed by atoms with Crippen LogP contribution in [-0.2, 0) is 6.42 Å². The summed E-state index contributed by atoms with van der Waals surface area (Å²) in [7, 11) is 1.45. The van der Waals surface area contributed by atoms with E-state index >= 15 is 0 Å². The van der Waals surface area contributed by atoms with Gasteiger partial charge >= 0.3 is 0 Å². The molecule has 17 heavy (non-hydrogen) atoms. The van der Waals surface area contributed by atoms with Crippen LogP contribution in [0.2, 0.25) is 0 Å². The predicted molar refractivity (Wildman–Crippen MR) is 63.8 cm³/mol. The lowest BCUT2D eigenvalue weighted by Crippen LogP contribution is -2.16. The number of nitrogens with one attached hydrogen (secondary N) is 1. The van der Waals surface area contributed by atoms with Gasteiger partial charge in [-0.3, -0.25) is 4.79 Å². The summed E-state index contributed by atoms with van der Waals surface area (Å²) in [6.07, 6.45) is 0.427. The molecule has 2 aromatic rings. The molecule has 1 heterocycles. The van der Waals surface area contributed by atoms with Crippen molar-refractivity contribution in [3.05, 3.63) is 39.9 Å². The number of pyridine rings is 1. The maximum Gasteiger partial charge on any atom is 0.251 e. The zero-order chi connectivity index (χ0) is 12.4. The molecule has 0 aliphatic carbocycles. The number of fused-ring (bicyclic) bond motifs is 1. The van der Waals surface area contributed by atoms with Gasteiger partial charge in [-0.25, -0.2) is 4.39 Å². The van der Waals surface area contributed by atoms with Crippen LogP contribution in [0.25, 0.3) is 10.9 Å². The Kier molecular flexibility index (Phi) is 3.10. The SMILES string of the molecule is COc1cc(F)c2cc(CCN)c(=O)[nH]c2c1. The number of methoxy groups -OCH3 is 1. The van der Waals surface area contributed by atoms with E-state index < -0.39 is 5.82 Å². The molecule has 2 rings (SSSR count). The van der Waals surface area contributed by atoms with E-state index in [1.807, 2.05) is 0 Å². The normalized spacial score (nSPS) is 10.8. The van der Waals surface area contributed by atoms with Gasteiger partial charge in [-0.2, -0.15) is 0 Å². The maximum absolute atomic E-state index is 13.8. The highest BCUT2D eigenvalue weighted by atomic mass is 19.1. The molecule has 0 saturated heterocycles. The van der Waals surface area contributed by atoms with Crippen LogP contribution in [0.5, 0.6) is 5.75 Å². The second-order valence-electron chi connectivity index (χ2n) is 3.73. The number of aromatic amines is 1. The first kappa shape index (κ1) is 11.6. The minimum atomic E-state index is -0.422. The third kappa shape index (κ3) is 2.14. The van der Waals surface area contributed by atoms with Crippen molar-refractivity contribution >= 4 is 10.9 Å². The summed E-state index contributed by atoms with van der Waals surface area (Å²) in [4.78, 5) is 14.3. The highest BCUT2D eigenvalue weighted by molar-refractivity contribution is 5.81. The molecule has 1 aromatic heterocycles. The lowest BCUT2D eigenvalue weighted by molar-refractivity contribution is 0.412. The third-order valence-electron chi connectivity index (χ3n) is 2.61. The van der Waals surface area contributed by atoms with E-state index in [2.05, 4.69) is 4.98 Å². The molecule has 90 valence electrons. The topological polar surface area (TPSA) is 68.1 Å². The van der Waals surface area contributed by atoms with Crippen molar-refractivity contribution in [3.63, 3.8) is 0 Å². The predicted octanol–water partition coefficient (Wildman–Crippen LogP) is 1.18. The fourth-order valence-electron chi connectivity index (χ4n) is 1.74. The highest BCUT2D eigenvalue weighted by Crippen LogP contribution is 2.22. The van der Waals surface area contributed by atoms with Crippen molar-refractivity contribution in [2.45, 2.75) is 6.42 Å². The van der Waals surface area contributed by atoms with Crippen molar-refractivity contribution in [2.75, 3.05) is 13.7 Å². The Labute approximate surface area is 97.2 Å². The van der Waals surface area contributed by atoms with Crippen LogP contribution in [0.4, 0.5) is 4.39 Å². The lowest BCUT2D eigenvalue weighted by atomic mass is 10.1. The molecule has 0 fully saturated rings. The highest BCUT2D eigenvalue weighted by Gasteiger charge is 2.08. The molecule has 0 saturated carbocycles. The summed E-state index contributed by atoms with van der Waals surface area (Å²) in [6.45, 7) is 0.354. The first-order valence-electron chi connectivity index (χ1n) is 5.25. The number of rotatable bonds is 3. The van der Waals surface area contributed by atoms with Gasteiger partial charge in [0.15, 0.2) is 0 Å². The number of aromatic nitrogens is 1. The molecule has 3 N–H and O–H groups in total. The summed E-state index contributed by atoms with van der Waals surface area (Å²) in [5, 5.41) is 0.369. The average molecular weight is 236 g/mol. The standard InChI is InChI=1S/C12H13FN2O2/c1-17-8-5-10(13)9-4-7(2-3-14)12(16)15-11(9)6-8/h4-6H,2-3,14H2,1H3,(H,15,16). The second-order valence-corrected chi connectivity index (χ2v) is 3.73. The number of hydrogen-bond acceptors (Lipinski definition) is 3. The summed E-state index contributed by atoms with van der Waals surface area (Å²) < 4.78 is 18.7. The summed E-state index contributed by atoms with van der Waals surface area (Å²) in [6, 6.07) is 4.41. The van der Waals surface area contributed by atoms with Gasteiger partial charge in [-0.1, -0.05) is 0 Å². The van der Waals surface area contributed by atoms with Gasteiger partial charge in [-0.15, -0.1) is 0 Å². The van der Waals surface area contributed by atoms with Crippen LogP contribution >= 0.6 is 0 Å². The number of hydrogen-bond donors (Lipinski definition) is 2. The molecule has 0 unspecified atom stereocenters. The summed E-state index contributed by atoms with van der Waals surface area (Å²) in [5.41, 5.74) is 6.06. The Balaban J connectivity index is 2.69. The molecule has 0 amide bonds. The summed E-state index contributed by atoms with van der Waals surface area (Å²) >= 11 is 0. The lowest BCUT2D eigenvalue weighted by Gasteiger charge is -2.06. The molecule has 1 aromatic carbocycles. The molecule has 5 heteroatoms. The minimum Gasteiger partial charge on any atom is -0.497 e. The fourth-order valence-corrected chi connectivity index (χ4v) is 1.74. The van der Waals surface area contributed by atoms with E-state index in [1.54, 1.807) is 6.07 Å². The van der Waals surface area contributed by atoms with Crippen LogP contribution < -0.4 is 16.0 Å². The van der Waals surface area contributed by atoms with Crippen LogP contribution in [0.15, 0.2) is 23.0 Å². The van der Waals surface area contributed by atoms with Gasteiger partial charge in [-0.05, 0) is 19.0 Å². The van der Waals surface area contributed by atoms with Crippen molar-refractivity contribution in [2.24, 2.45) is 5.73 Å². The maximum atomic E-state index is 13.8. The van der Waals surface area contributed by atoms with Gasteiger partial charge in [0, 0.05) is 23.1 Å². The van der Waals surface area contributed by atoms with E-state index in [0.29, 0.717) is 35.2 Å². The van der Waals surface area contributed by atoms with Gasteiger partial charge in [0.25, 0.3) is 5.56 Å². The molecule has 0 aliphatic rings. The van der Waals surface area contributed by atoms with E-state index in [9.17, 15) is 9.18 Å². The van der Waals surface area contributed by atoms with Crippen molar-refractivity contribution in [1.82, 2.24) is 4.98 Å². The number of halogens is 1. The average Bonchev–Trinajstić information content (AvgIpc) is 2.31. The van der Waals surface area contributed by atoms with Crippen LogP contribution in [0.1, 0.15) is 5.56 Å². The van der Waals surface area contributed by atoms with E-state index in [-0.39, 0.29) is 5.56 Å². The Morgan fingerprint density at radius 3 is 2.82 bits per heavy atom. The first-order chi connectivity index (χ1) is 8.15. The Bertz CT molecular complexity index is 607. The van der Waals surface area contributed by atoms with E-state index in [4.69, 9.17) is 10.5 Å². The number of ether oxygens (including phenoxy) is 1. The zero-order valence-electron chi connectivity index (χ0n) is 9.42. The van der Waals surface area contributed by atoms with Crippen LogP contribution in [0.3, 0.4) is 0 Å². The largest absolute Gasteiger partial charge is 0.497 e. The number of nitrogens with two attached hydrogens (primary N) is 1. The Morgan fingerprint density at radius 2 is 2.18 bits per heavy atom. The van der Waals surface area contributed by atoms with E-state index in [1.165, 1.54) is 19.2 Å². The smallest absolute Gasteiger partial charge is 0.251 e. The Hall–Kier alpha value is -1.88. The van der Waals surface area contributed by atoms with Gasteiger partial charge in [0.05, 0.1) is 12.6 Å². The molecular weight excluding hydrogens is 223 g/mol. The van der Waals surface area contributed by atoms with Crippen LogP contribution in [-0.4, -0.2) is 18.6 Å². The van der Waals surface area contributed by atoms with Crippen molar-refractivity contribution in [3.8, 4) is 5.75 Å². The van der Waals surface area contributed by atoms with Crippen molar-refractivity contribution < 1.29 is 9.13 Å². The van der Waals surface area contributed by atoms with Gasteiger partial charge < -0.3 is 15.5 Å². The molecule has 0 spiro atoms.